The molecule has 0 aliphatic rings. The van der Waals surface area contributed by atoms with Crippen molar-refractivity contribution in [1.82, 2.24) is 0 Å². The van der Waals surface area contributed by atoms with Gasteiger partial charge in [-0.3, -0.25) is 0 Å². The third-order valence-electron chi connectivity index (χ3n) is 2.47. The highest BCUT2D eigenvalue weighted by molar-refractivity contribution is 7.08. The number of halogens is 2. The first-order valence-corrected chi connectivity index (χ1v) is 5.70. The quantitative estimate of drug-likeness (QED) is 0.852. The first-order chi connectivity index (χ1) is 7.61. The lowest BCUT2D eigenvalue weighted by molar-refractivity contribution is 0.213. The van der Waals surface area contributed by atoms with Crippen LogP contribution < -0.4 is 0 Å². The molecule has 1 heterocycles. The Hall–Kier alpha value is -1.26. The van der Waals surface area contributed by atoms with Gasteiger partial charge in [0, 0.05) is 5.56 Å². The molecule has 1 aromatic heterocycles. The van der Waals surface area contributed by atoms with Crippen LogP contribution in [0.4, 0.5) is 8.78 Å². The average Bonchev–Trinajstić information content (AvgIpc) is 2.68. The summed E-state index contributed by atoms with van der Waals surface area (Å²) in [5.74, 6) is -1.93. The molecule has 16 heavy (non-hydrogen) atoms. The average molecular weight is 240 g/mol. The Morgan fingerprint density at radius 2 is 1.94 bits per heavy atom. The van der Waals surface area contributed by atoms with Crippen LogP contribution in [0.15, 0.2) is 29.0 Å². The van der Waals surface area contributed by atoms with Gasteiger partial charge in [-0.2, -0.15) is 11.3 Å². The van der Waals surface area contributed by atoms with E-state index in [1.807, 2.05) is 12.3 Å². The zero-order valence-corrected chi connectivity index (χ0v) is 9.39. The van der Waals surface area contributed by atoms with Crippen LogP contribution in [-0.4, -0.2) is 5.11 Å². The monoisotopic (exact) mass is 240 g/mol. The van der Waals surface area contributed by atoms with Crippen LogP contribution in [0.25, 0.3) is 0 Å². The molecule has 1 atom stereocenters. The zero-order chi connectivity index (χ0) is 11.7. The first kappa shape index (κ1) is 11.2. The lowest BCUT2D eigenvalue weighted by Gasteiger charge is -2.12. The molecule has 0 saturated heterocycles. The fourth-order valence-electron chi connectivity index (χ4n) is 1.55. The summed E-state index contributed by atoms with van der Waals surface area (Å²) in [5, 5.41) is 13.6. The zero-order valence-electron chi connectivity index (χ0n) is 8.58. The number of hydrogen-bond donors (Lipinski definition) is 1. The predicted molar refractivity (Wildman–Crippen MR) is 59.5 cm³/mol. The number of thiophene rings is 1. The van der Waals surface area contributed by atoms with Crippen molar-refractivity contribution in [2.75, 3.05) is 0 Å². The molecule has 0 radical (unpaired) electrons. The molecule has 0 aliphatic heterocycles. The van der Waals surface area contributed by atoms with E-state index in [0.29, 0.717) is 5.56 Å². The minimum Gasteiger partial charge on any atom is -0.384 e. The molecule has 0 saturated carbocycles. The van der Waals surface area contributed by atoms with E-state index >= 15 is 0 Å². The largest absolute Gasteiger partial charge is 0.384 e. The van der Waals surface area contributed by atoms with Crippen molar-refractivity contribution < 1.29 is 13.9 Å². The number of aliphatic hydroxyl groups excluding tert-OH is 1. The van der Waals surface area contributed by atoms with Gasteiger partial charge in [0.25, 0.3) is 0 Å². The van der Waals surface area contributed by atoms with Crippen LogP contribution in [0.1, 0.15) is 22.8 Å². The Balaban J connectivity index is 2.46. The van der Waals surface area contributed by atoms with E-state index in [1.54, 1.807) is 5.38 Å². The van der Waals surface area contributed by atoms with E-state index in [0.717, 1.165) is 11.6 Å². The van der Waals surface area contributed by atoms with Crippen molar-refractivity contribution in [3.63, 3.8) is 0 Å². The van der Waals surface area contributed by atoms with E-state index < -0.39 is 17.7 Å². The first-order valence-electron chi connectivity index (χ1n) is 4.76. The lowest BCUT2D eigenvalue weighted by atomic mass is 10.0. The summed E-state index contributed by atoms with van der Waals surface area (Å²) in [5.41, 5.74) is 1.47. The van der Waals surface area contributed by atoms with Crippen molar-refractivity contribution in [1.29, 1.82) is 0 Å². The fraction of sp³-hybridized carbons (Fsp3) is 0.167. The third-order valence-corrected chi connectivity index (χ3v) is 3.35. The highest BCUT2D eigenvalue weighted by Crippen LogP contribution is 2.29. The van der Waals surface area contributed by atoms with Gasteiger partial charge in [-0.15, -0.1) is 0 Å². The summed E-state index contributed by atoms with van der Waals surface area (Å²) in [7, 11) is 0. The molecular formula is C12H10F2OS. The molecular weight excluding hydrogens is 230 g/mol. The third kappa shape index (κ3) is 1.86. The van der Waals surface area contributed by atoms with Crippen molar-refractivity contribution >= 4 is 11.3 Å². The molecule has 0 fully saturated rings. The van der Waals surface area contributed by atoms with Gasteiger partial charge in [-0.05, 0) is 34.9 Å². The molecule has 4 heteroatoms. The number of rotatable bonds is 2. The second kappa shape index (κ2) is 4.31. The molecule has 1 N–H and O–H groups in total. The summed E-state index contributed by atoms with van der Waals surface area (Å²) < 4.78 is 26.4. The summed E-state index contributed by atoms with van der Waals surface area (Å²) in [6, 6.07) is 3.81. The summed E-state index contributed by atoms with van der Waals surface area (Å²) >= 11 is 1.42. The van der Waals surface area contributed by atoms with Crippen LogP contribution in [0.5, 0.6) is 0 Å². The van der Waals surface area contributed by atoms with E-state index in [-0.39, 0.29) is 5.56 Å². The van der Waals surface area contributed by atoms with Crippen molar-refractivity contribution in [3.05, 3.63) is 57.3 Å². The Kier molecular flexibility index (Phi) is 3.03. The maximum atomic E-state index is 13.4. The summed E-state index contributed by atoms with van der Waals surface area (Å²) in [4.78, 5) is 0. The molecule has 1 nitrogen and oxygen atoms in total. The Morgan fingerprint density at radius 1 is 1.19 bits per heavy atom. The maximum absolute atomic E-state index is 13.4. The predicted octanol–water partition coefficient (Wildman–Crippen LogP) is 3.42. The highest BCUT2D eigenvalue weighted by atomic mass is 32.1. The molecule has 2 aromatic rings. The van der Waals surface area contributed by atoms with Crippen LogP contribution in [0.3, 0.4) is 0 Å². The van der Waals surface area contributed by atoms with E-state index in [9.17, 15) is 13.9 Å². The van der Waals surface area contributed by atoms with Crippen molar-refractivity contribution in [3.8, 4) is 0 Å². The van der Waals surface area contributed by atoms with Crippen LogP contribution >= 0.6 is 11.3 Å². The van der Waals surface area contributed by atoms with Gasteiger partial charge in [0.05, 0.1) is 0 Å². The standard InChI is InChI=1S/C12H10F2OS/c1-7-5-16-6-9(7)12(15)8-3-2-4-10(13)11(8)14/h2-6,12,15H,1H3. The second-order valence-electron chi connectivity index (χ2n) is 3.56. The van der Waals surface area contributed by atoms with Crippen LogP contribution in [-0.2, 0) is 0 Å². The normalized spacial score (nSPS) is 12.8. The Bertz CT molecular complexity index is 507. The molecule has 2 rings (SSSR count). The van der Waals surface area contributed by atoms with Gasteiger partial charge >= 0.3 is 0 Å². The SMILES string of the molecule is Cc1cscc1C(O)c1cccc(F)c1F. The summed E-state index contributed by atoms with van der Waals surface area (Å²) in [6.45, 7) is 1.83. The molecule has 0 bridgehead atoms. The minimum absolute atomic E-state index is 0.0264. The number of aliphatic hydroxyl groups is 1. The fourth-order valence-corrected chi connectivity index (χ4v) is 2.42. The molecule has 84 valence electrons. The molecule has 1 aromatic carbocycles. The Morgan fingerprint density at radius 3 is 2.56 bits per heavy atom. The van der Waals surface area contributed by atoms with Crippen molar-refractivity contribution in [2.45, 2.75) is 13.0 Å². The van der Waals surface area contributed by atoms with E-state index in [1.165, 1.54) is 23.5 Å². The van der Waals surface area contributed by atoms with Crippen LogP contribution in [0, 0.1) is 18.6 Å². The smallest absolute Gasteiger partial charge is 0.164 e. The molecule has 0 spiro atoms. The van der Waals surface area contributed by atoms with Gasteiger partial charge < -0.3 is 5.11 Å². The second-order valence-corrected chi connectivity index (χ2v) is 4.30. The minimum atomic E-state index is -1.11. The van der Waals surface area contributed by atoms with Crippen LogP contribution in [0.2, 0.25) is 0 Å². The van der Waals surface area contributed by atoms with Crippen molar-refractivity contribution in [2.24, 2.45) is 0 Å². The summed E-state index contributed by atoms with van der Waals surface area (Å²) in [6.07, 6.45) is -1.11. The highest BCUT2D eigenvalue weighted by Gasteiger charge is 2.19. The van der Waals surface area contributed by atoms with Gasteiger partial charge in [-0.1, -0.05) is 12.1 Å². The van der Waals surface area contributed by atoms with Gasteiger partial charge in [0.1, 0.15) is 6.10 Å². The number of aryl methyl sites for hydroxylation is 1. The lowest BCUT2D eigenvalue weighted by Crippen LogP contribution is -2.04. The van der Waals surface area contributed by atoms with E-state index in [2.05, 4.69) is 0 Å². The van der Waals surface area contributed by atoms with Gasteiger partial charge in [-0.25, -0.2) is 8.78 Å². The maximum Gasteiger partial charge on any atom is 0.164 e. The van der Waals surface area contributed by atoms with Gasteiger partial charge in [0.2, 0.25) is 0 Å². The number of benzene rings is 1. The Labute approximate surface area is 96.0 Å². The molecule has 0 aliphatic carbocycles. The molecule has 0 amide bonds. The molecule has 1 unspecified atom stereocenters. The van der Waals surface area contributed by atoms with Gasteiger partial charge in [0.15, 0.2) is 11.6 Å². The number of hydrogen-bond acceptors (Lipinski definition) is 2. The topological polar surface area (TPSA) is 20.2 Å². The van der Waals surface area contributed by atoms with E-state index in [4.69, 9.17) is 0 Å².